The van der Waals surface area contributed by atoms with Gasteiger partial charge in [0.15, 0.2) is 11.6 Å². The van der Waals surface area contributed by atoms with E-state index in [0.717, 1.165) is 23.5 Å². The first kappa shape index (κ1) is 17.7. The summed E-state index contributed by atoms with van der Waals surface area (Å²) in [6, 6.07) is 7.11. The Balaban J connectivity index is 1.75. The van der Waals surface area contributed by atoms with Crippen molar-refractivity contribution in [2.75, 3.05) is 25.5 Å². The Kier molecular flexibility index (Phi) is 6.06. The number of carbonyl (C=O) groups excluding carboxylic acids is 1. The number of carbonyl (C=O) groups is 1. The number of aromatic nitrogens is 1. The van der Waals surface area contributed by atoms with Crippen LogP contribution in [0.25, 0.3) is 0 Å². The molecule has 2 amide bonds. The number of rotatable bonds is 6. The van der Waals surface area contributed by atoms with E-state index in [4.69, 9.17) is 0 Å². The van der Waals surface area contributed by atoms with Crippen molar-refractivity contribution in [3.05, 3.63) is 59.3 Å². The summed E-state index contributed by atoms with van der Waals surface area (Å²) in [6.45, 7) is 0.705. The summed E-state index contributed by atoms with van der Waals surface area (Å²) >= 11 is 0. The molecular weight excluding hydrogens is 314 g/mol. The van der Waals surface area contributed by atoms with Gasteiger partial charge in [-0.25, -0.2) is 18.6 Å². The maximum Gasteiger partial charge on any atom is 0.315 e. The molecule has 1 heterocycles. The molecule has 0 atom stereocenters. The lowest BCUT2D eigenvalue weighted by molar-refractivity contribution is 0.240. The molecule has 0 fully saturated rings. The first-order valence-electron chi connectivity index (χ1n) is 7.53. The molecule has 24 heavy (non-hydrogen) atoms. The number of hydrogen-bond donors (Lipinski definition) is 2. The lowest BCUT2D eigenvalue weighted by Gasteiger charge is -2.12. The predicted octanol–water partition coefficient (Wildman–Crippen LogP) is 2.47. The van der Waals surface area contributed by atoms with Crippen LogP contribution in [0, 0.1) is 11.6 Å². The highest BCUT2D eigenvalue weighted by atomic mass is 19.2. The van der Waals surface area contributed by atoms with Crippen LogP contribution in [0.5, 0.6) is 0 Å². The van der Waals surface area contributed by atoms with Gasteiger partial charge in [0.1, 0.15) is 5.82 Å². The van der Waals surface area contributed by atoms with Crippen molar-refractivity contribution < 1.29 is 13.6 Å². The van der Waals surface area contributed by atoms with Crippen molar-refractivity contribution in [3.63, 3.8) is 0 Å². The second-order valence-corrected chi connectivity index (χ2v) is 5.52. The van der Waals surface area contributed by atoms with Crippen LogP contribution in [0.3, 0.4) is 0 Å². The third-order valence-corrected chi connectivity index (χ3v) is 3.40. The highest BCUT2D eigenvalue weighted by Gasteiger charge is 2.05. The van der Waals surface area contributed by atoms with Gasteiger partial charge in [0, 0.05) is 33.4 Å². The third kappa shape index (κ3) is 5.19. The van der Waals surface area contributed by atoms with Crippen LogP contribution in [0.1, 0.15) is 11.1 Å². The maximum absolute atomic E-state index is 13.1. The number of benzene rings is 1. The smallest absolute Gasteiger partial charge is 0.315 e. The molecule has 0 unspecified atom stereocenters. The van der Waals surface area contributed by atoms with Crippen molar-refractivity contribution in [1.82, 2.24) is 15.6 Å². The Labute approximate surface area is 139 Å². The summed E-state index contributed by atoms with van der Waals surface area (Å²) in [5, 5.41) is 5.42. The number of nitrogens with one attached hydrogen (secondary N) is 2. The summed E-state index contributed by atoms with van der Waals surface area (Å²) in [7, 11) is 3.79. The number of halogens is 2. The number of pyridine rings is 1. The van der Waals surface area contributed by atoms with Crippen LogP contribution in [-0.4, -0.2) is 31.7 Å². The minimum atomic E-state index is -0.883. The van der Waals surface area contributed by atoms with Crippen molar-refractivity contribution >= 4 is 11.8 Å². The van der Waals surface area contributed by atoms with Gasteiger partial charge in [-0.15, -0.1) is 0 Å². The van der Waals surface area contributed by atoms with Gasteiger partial charge in [0.2, 0.25) is 0 Å². The van der Waals surface area contributed by atoms with E-state index in [2.05, 4.69) is 15.6 Å². The van der Waals surface area contributed by atoms with Crippen LogP contribution in [0.2, 0.25) is 0 Å². The minimum absolute atomic E-state index is 0.319. The van der Waals surface area contributed by atoms with Gasteiger partial charge in [-0.3, -0.25) is 0 Å². The first-order valence-corrected chi connectivity index (χ1v) is 7.53. The summed E-state index contributed by atoms with van der Waals surface area (Å²) in [5.41, 5.74) is 1.56. The molecule has 0 saturated carbocycles. The molecule has 0 saturated heterocycles. The fourth-order valence-electron chi connectivity index (χ4n) is 2.08. The van der Waals surface area contributed by atoms with Gasteiger partial charge in [0.25, 0.3) is 0 Å². The molecule has 1 aromatic heterocycles. The summed E-state index contributed by atoms with van der Waals surface area (Å²) in [4.78, 5) is 17.8. The standard InChI is InChI=1S/C17H20F2N4O/c1-23(2)16-10-13(6-7-20-16)11-22-17(24)21-8-5-12-3-4-14(18)15(19)9-12/h3-4,6-7,9-10H,5,8,11H2,1-2H3,(H2,21,22,24). The average Bonchev–Trinajstić information content (AvgIpc) is 2.56. The molecule has 7 heteroatoms. The summed E-state index contributed by atoms with van der Waals surface area (Å²) in [6.07, 6.45) is 2.11. The van der Waals surface area contributed by atoms with Gasteiger partial charge in [-0.05, 0) is 41.8 Å². The SMILES string of the molecule is CN(C)c1cc(CNC(=O)NCCc2ccc(F)c(F)c2)ccn1. The quantitative estimate of drug-likeness (QED) is 0.853. The molecule has 5 nitrogen and oxygen atoms in total. The van der Waals surface area contributed by atoms with Crippen LogP contribution in [-0.2, 0) is 13.0 Å². The lowest BCUT2D eigenvalue weighted by Crippen LogP contribution is -2.36. The minimum Gasteiger partial charge on any atom is -0.363 e. The topological polar surface area (TPSA) is 57.3 Å². The molecule has 1 aromatic carbocycles. The third-order valence-electron chi connectivity index (χ3n) is 3.40. The van der Waals surface area contributed by atoms with Crippen molar-refractivity contribution in [2.45, 2.75) is 13.0 Å². The number of hydrogen-bond acceptors (Lipinski definition) is 3. The van der Waals surface area contributed by atoms with Crippen LogP contribution in [0.4, 0.5) is 19.4 Å². The Morgan fingerprint density at radius 1 is 1.08 bits per heavy atom. The van der Waals surface area contributed by atoms with E-state index in [1.54, 1.807) is 6.20 Å². The molecule has 128 valence electrons. The van der Waals surface area contributed by atoms with E-state index in [9.17, 15) is 13.6 Å². The molecule has 0 aliphatic carbocycles. The van der Waals surface area contributed by atoms with E-state index in [0.29, 0.717) is 25.1 Å². The van der Waals surface area contributed by atoms with Crippen molar-refractivity contribution in [3.8, 4) is 0 Å². The molecular formula is C17H20F2N4O. The highest BCUT2D eigenvalue weighted by molar-refractivity contribution is 5.73. The van der Waals surface area contributed by atoms with E-state index >= 15 is 0 Å². The van der Waals surface area contributed by atoms with Gasteiger partial charge < -0.3 is 15.5 Å². The second-order valence-electron chi connectivity index (χ2n) is 5.52. The molecule has 2 rings (SSSR count). The molecule has 2 N–H and O–H groups in total. The van der Waals surface area contributed by atoms with Crippen molar-refractivity contribution in [2.24, 2.45) is 0 Å². The molecule has 2 aromatic rings. The zero-order valence-corrected chi connectivity index (χ0v) is 13.6. The normalized spacial score (nSPS) is 10.3. The Morgan fingerprint density at radius 3 is 2.58 bits per heavy atom. The first-order chi connectivity index (χ1) is 11.5. The van der Waals surface area contributed by atoms with E-state index < -0.39 is 11.6 Å². The number of anilines is 1. The second kappa shape index (κ2) is 8.24. The zero-order valence-electron chi connectivity index (χ0n) is 13.6. The van der Waals surface area contributed by atoms with Gasteiger partial charge in [-0.1, -0.05) is 6.07 Å². The molecule has 0 aliphatic rings. The largest absolute Gasteiger partial charge is 0.363 e. The fourth-order valence-corrected chi connectivity index (χ4v) is 2.08. The fraction of sp³-hybridized carbons (Fsp3) is 0.294. The Bertz CT molecular complexity index is 707. The lowest BCUT2D eigenvalue weighted by atomic mass is 10.1. The van der Waals surface area contributed by atoms with Crippen molar-refractivity contribution in [1.29, 1.82) is 0 Å². The van der Waals surface area contributed by atoms with E-state index in [-0.39, 0.29) is 6.03 Å². The molecule has 0 bridgehead atoms. The number of urea groups is 1. The predicted molar refractivity (Wildman–Crippen MR) is 88.9 cm³/mol. The van der Waals surface area contributed by atoms with E-state index in [1.807, 2.05) is 31.1 Å². The number of nitrogens with zero attached hydrogens (tertiary/aromatic N) is 2. The monoisotopic (exact) mass is 334 g/mol. The maximum atomic E-state index is 13.1. The van der Waals surface area contributed by atoms with Crippen LogP contribution >= 0.6 is 0 Å². The Hall–Kier alpha value is -2.70. The number of amides is 2. The summed E-state index contributed by atoms with van der Waals surface area (Å²) in [5.74, 6) is -0.946. The average molecular weight is 334 g/mol. The molecule has 0 spiro atoms. The van der Waals surface area contributed by atoms with Gasteiger partial charge in [-0.2, -0.15) is 0 Å². The molecule has 0 radical (unpaired) electrons. The van der Waals surface area contributed by atoms with Gasteiger partial charge in [0.05, 0.1) is 0 Å². The summed E-state index contributed by atoms with van der Waals surface area (Å²) < 4.78 is 25.9. The zero-order chi connectivity index (χ0) is 17.5. The van der Waals surface area contributed by atoms with E-state index in [1.165, 1.54) is 6.07 Å². The molecule has 0 aliphatic heterocycles. The Morgan fingerprint density at radius 2 is 1.88 bits per heavy atom. The van der Waals surface area contributed by atoms with Gasteiger partial charge >= 0.3 is 6.03 Å². The van der Waals surface area contributed by atoms with Crippen LogP contribution in [0.15, 0.2) is 36.5 Å². The highest BCUT2D eigenvalue weighted by Crippen LogP contribution is 2.10. The van der Waals surface area contributed by atoms with Crippen LogP contribution < -0.4 is 15.5 Å².